The van der Waals surface area contributed by atoms with Gasteiger partial charge in [0.15, 0.2) is 16.5 Å². The number of nitrogens with zero attached hydrogens (tertiary/aromatic N) is 1. The maximum atomic E-state index is 5.15. The Kier molecular flexibility index (Phi) is 3.36. The molecule has 0 saturated carbocycles. The van der Waals surface area contributed by atoms with Gasteiger partial charge in [-0.05, 0) is 30.8 Å². The summed E-state index contributed by atoms with van der Waals surface area (Å²) < 4.78 is 5.15. The molecule has 0 unspecified atom stereocenters. The molecule has 1 heterocycles. The molecule has 0 aliphatic rings. The largest absolute Gasteiger partial charge is 0.362 e. The Bertz CT molecular complexity index is 495. The molecule has 0 radical (unpaired) electrons. The Morgan fingerprint density at radius 2 is 2.25 bits per heavy atom. The van der Waals surface area contributed by atoms with Gasteiger partial charge in [0, 0.05) is 6.54 Å². The first-order valence-corrected chi connectivity index (χ1v) is 5.61. The molecule has 0 bridgehead atoms. The molecule has 0 saturated heterocycles. The van der Waals surface area contributed by atoms with Crippen molar-refractivity contribution in [3.63, 3.8) is 0 Å². The van der Waals surface area contributed by atoms with Gasteiger partial charge in [0.1, 0.15) is 0 Å². The van der Waals surface area contributed by atoms with Gasteiger partial charge in [-0.2, -0.15) is 0 Å². The van der Waals surface area contributed by atoms with Crippen molar-refractivity contribution in [2.24, 2.45) is 0 Å². The van der Waals surface area contributed by atoms with Crippen molar-refractivity contribution >= 4 is 34.1 Å². The number of benzene rings is 1. The number of hydrogen-bond acceptors (Lipinski definition) is 3. The molecule has 84 valence electrons. The summed E-state index contributed by atoms with van der Waals surface area (Å²) in [4.78, 5) is 0. The normalized spacial score (nSPS) is 10.3. The Morgan fingerprint density at radius 3 is 3.06 bits per heavy atom. The van der Waals surface area contributed by atoms with Crippen LogP contribution in [0.25, 0.3) is 11.0 Å². The van der Waals surface area contributed by atoms with Gasteiger partial charge < -0.3 is 15.2 Å². The van der Waals surface area contributed by atoms with Gasteiger partial charge in [-0.3, -0.25) is 0 Å². The fourth-order valence-electron chi connectivity index (χ4n) is 1.37. The molecule has 16 heavy (non-hydrogen) atoms. The maximum absolute atomic E-state index is 5.15. The SMILES string of the molecule is CCCNC(=S)Nc1noc2ccccc12. The van der Waals surface area contributed by atoms with Crippen LogP contribution in [0.15, 0.2) is 28.8 Å². The highest BCUT2D eigenvalue weighted by Crippen LogP contribution is 2.21. The Labute approximate surface area is 99.0 Å². The average molecular weight is 235 g/mol. The van der Waals surface area contributed by atoms with Crippen LogP contribution in [0.1, 0.15) is 13.3 Å². The van der Waals surface area contributed by atoms with Gasteiger partial charge >= 0.3 is 0 Å². The van der Waals surface area contributed by atoms with E-state index >= 15 is 0 Å². The van der Waals surface area contributed by atoms with E-state index in [-0.39, 0.29) is 0 Å². The van der Waals surface area contributed by atoms with E-state index in [0.717, 1.165) is 23.9 Å². The highest BCUT2D eigenvalue weighted by Gasteiger charge is 2.07. The summed E-state index contributed by atoms with van der Waals surface area (Å²) in [7, 11) is 0. The van der Waals surface area contributed by atoms with Crippen LogP contribution in [0.2, 0.25) is 0 Å². The molecular formula is C11H13N3OS. The van der Waals surface area contributed by atoms with E-state index in [1.54, 1.807) is 0 Å². The summed E-state index contributed by atoms with van der Waals surface area (Å²) in [5.74, 6) is 0.657. The topological polar surface area (TPSA) is 50.1 Å². The molecule has 4 nitrogen and oxygen atoms in total. The van der Waals surface area contributed by atoms with Crippen LogP contribution in [0, 0.1) is 0 Å². The molecule has 0 amide bonds. The first kappa shape index (κ1) is 10.9. The summed E-state index contributed by atoms with van der Waals surface area (Å²) >= 11 is 5.13. The molecule has 2 N–H and O–H groups in total. The van der Waals surface area contributed by atoms with Gasteiger partial charge in [0.05, 0.1) is 5.39 Å². The summed E-state index contributed by atoms with van der Waals surface area (Å²) in [6.45, 7) is 2.93. The van der Waals surface area contributed by atoms with Crippen molar-refractivity contribution in [3.05, 3.63) is 24.3 Å². The first-order chi connectivity index (χ1) is 7.81. The third-order valence-electron chi connectivity index (χ3n) is 2.14. The zero-order chi connectivity index (χ0) is 11.4. The minimum atomic E-state index is 0.570. The van der Waals surface area contributed by atoms with E-state index in [2.05, 4.69) is 22.7 Å². The molecule has 0 aliphatic carbocycles. The lowest BCUT2D eigenvalue weighted by molar-refractivity contribution is 0.460. The average Bonchev–Trinajstić information content (AvgIpc) is 2.70. The lowest BCUT2D eigenvalue weighted by Gasteiger charge is -2.06. The molecular weight excluding hydrogens is 222 g/mol. The summed E-state index contributed by atoms with van der Waals surface area (Å²) in [6, 6.07) is 7.66. The number of anilines is 1. The number of para-hydroxylation sites is 1. The number of nitrogens with one attached hydrogen (secondary N) is 2. The van der Waals surface area contributed by atoms with Crippen molar-refractivity contribution in [2.75, 3.05) is 11.9 Å². The number of thiocarbonyl (C=S) groups is 1. The third-order valence-corrected chi connectivity index (χ3v) is 2.39. The molecule has 0 spiro atoms. The molecule has 0 atom stereocenters. The summed E-state index contributed by atoms with van der Waals surface area (Å²) in [5, 5.41) is 11.5. The second kappa shape index (κ2) is 4.94. The van der Waals surface area contributed by atoms with Gasteiger partial charge in [0.2, 0.25) is 0 Å². The van der Waals surface area contributed by atoms with Crippen molar-refractivity contribution in [3.8, 4) is 0 Å². The fraction of sp³-hybridized carbons (Fsp3) is 0.273. The molecule has 2 aromatic rings. The smallest absolute Gasteiger partial charge is 0.183 e. The molecule has 2 rings (SSSR count). The third kappa shape index (κ3) is 2.30. The lowest BCUT2D eigenvalue weighted by Crippen LogP contribution is -2.29. The highest BCUT2D eigenvalue weighted by atomic mass is 32.1. The predicted molar refractivity (Wildman–Crippen MR) is 68.5 cm³/mol. The molecule has 1 aromatic heterocycles. The van der Waals surface area contributed by atoms with E-state index in [4.69, 9.17) is 16.7 Å². The molecule has 0 aliphatic heterocycles. The second-order valence-electron chi connectivity index (χ2n) is 3.41. The zero-order valence-electron chi connectivity index (χ0n) is 8.99. The number of rotatable bonds is 3. The Hall–Kier alpha value is -1.62. The predicted octanol–water partition coefficient (Wildman–Crippen LogP) is 2.52. The van der Waals surface area contributed by atoms with Crippen molar-refractivity contribution in [1.82, 2.24) is 10.5 Å². The minimum absolute atomic E-state index is 0.570. The summed E-state index contributed by atoms with van der Waals surface area (Å²) in [5.41, 5.74) is 0.753. The van der Waals surface area contributed by atoms with Gasteiger partial charge in [-0.1, -0.05) is 24.2 Å². The molecule has 0 fully saturated rings. The minimum Gasteiger partial charge on any atom is -0.362 e. The van der Waals surface area contributed by atoms with Crippen LogP contribution < -0.4 is 10.6 Å². The first-order valence-electron chi connectivity index (χ1n) is 5.20. The van der Waals surface area contributed by atoms with Crippen LogP contribution in [0.4, 0.5) is 5.82 Å². The molecule has 5 heteroatoms. The second-order valence-corrected chi connectivity index (χ2v) is 3.82. The van der Waals surface area contributed by atoms with E-state index in [1.165, 1.54) is 0 Å². The number of aromatic nitrogens is 1. The van der Waals surface area contributed by atoms with E-state index in [0.29, 0.717) is 10.9 Å². The number of hydrogen-bond donors (Lipinski definition) is 2. The Morgan fingerprint density at radius 1 is 1.44 bits per heavy atom. The van der Waals surface area contributed by atoms with Gasteiger partial charge in [-0.15, -0.1) is 0 Å². The van der Waals surface area contributed by atoms with E-state index in [9.17, 15) is 0 Å². The fourth-order valence-corrected chi connectivity index (χ4v) is 1.57. The maximum Gasteiger partial charge on any atom is 0.183 e. The van der Waals surface area contributed by atoms with Crippen LogP contribution in [0.5, 0.6) is 0 Å². The van der Waals surface area contributed by atoms with Crippen molar-refractivity contribution < 1.29 is 4.52 Å². The van der Waals surface area contributed by atoms with Gasteiger partial charge in [0.25, 0.3) is 0 Å². The Balaban J connectivity index is 2.12. The molecule has 1 aromatic carbocycles. The monoisotopic (exact) mass is 235 g/mol. The summed E-state index contributed by atoms with van der Waals surface area (Å²) in [6.07, 6.45) is 1.03. The number of fused-ring (bicyclic) bond motifs is 1. The van der Waals surface area contributed by atoms with Crippen LogP contribution in [-0.4, -0.2) is 16.8 Å². The zero-order valence-corrected chi connectivity index (χ0v) is 9.80. The highest BCUT2D eigenvalue weighted by molar-refractivity contribution is 7.80. The van der Waals surface area contributed by atoms with Crippen LogP contribution in [-0.2, 0) is 0 Å². The standard InChI is InChI=1S/C11H13N3OS/c1-2-7-12-11(16)13-10-8-5-3-4-6-9(8)15-14-10/h3-6H,2,7H2,1H3,(H2,12,13,14,16). The van der Waals surface area contributed by atoms with Crippen molar-refractivity contribution in [2.45, 2.75) is 13.3 Å². The van der Waals surface area contributed by atoms with E-state index in [1.807, 2.05) is 24.3 Å². The van der Waals surface area contributed by atoms with Gasteiger partial charge in [-0.25, -0.2) is 0 Å². The quantitative estimate of drug-likeness (QED) is 0.801. The van der Waals surface area contributed by atoms with E-state index < -0.39 is 0 Å². The van der Waals surface area contributed by atoms with Crippen LogP contribution in [0.3, 0.4) is 0 Å². The van der Waals surface area contributed by atoms with Crippen molar-refractivity contribution in [1.29, 1.82) is 0 Å². The lowest BCUT2D eigenvalue weighted by atomic mass is 10.2. The van der Waals surface area contributed by atoms with Crippen LogP contribution >= 0.6 is 12.2 Å².